The summed E-state index contributed by atoms with van der Waals surface area (Å²) in [5.41, 5.74) is 0.291. The maximum Gasteiger partial charge on any atom is 0.276 e. The van der Waals surface area contributed by atoms with Gasteiger partial charge in [-0.15, -0.1) is 0 Å². The first-order valence-electron chi connectivity index (χ1n) is 8.12. The van der Waals surface area contributed by atoms with Gasteiger partial charge in [0.25, 0.3) is 5.91 Å². The molecule has 2 fully saturated rings. The van der Waals surface area contributed by atoms with Crippen LogP contribution in [-0.4, -0.2) is 103 Å². The van der Waals surface area contributed by atoms with Crippen molar-refractivity contribution in [3.8, 4) is 0 Å². The fourth-order valence-corrected chi connectivity index (χ4v) is 3.03. The van der Waals surface area contributed by atoms with Crippen molar-refractivity contribution >= 4 is 5.91 Å². The maximum absolute atomic E-state index is 12.3. The average molecular weight is 324 g/mol. The van der Waals surface area contributed by atoms with Crippen LogP contribution in [-0.2, 0) is 4.74 Å². The van der Waals surface area contributed by atoms with Crippen molar-refractivity contribution in [2.75, 3.05) is 65.6 Å². The molecule has 3 heterocycles. The Morgan fingerprint density at radius 1 is 1.17 bits per heavy atom. The van der Waals surface area contributed by atoms with E-state index in [9.17, 15) is 9.90 Å². The lowest BCUT2D eigenvalue weighted by molar-refractivity contribution is 0.0314. The number of rotatable bonds is 4. The van der Waals surface area contributed by atoms with E-state index in [0.717, 1.165) is 45.9 Å². The zero-order valence-electron chi connectivity index (χ0n) is 13.3. The van der Waals surface area contributed by atoms with Crippen LogP contribution >= 0.6 is 0 Å². The molecule has 8 nitrogen and oxygen atoms in total. The zero-order valence-corrected chi connectivity index (χ0v) is 13.3. The van der Waals surface area contributed by atoms with Gasteiger partial charge in [0.15, 0.2) is 5.69 Å². The van der Waals surface area contributed by atoms with Crippen LogP contribution in [0, 0.1) is 0 Å². The Balaban J connectivity index is 1.50. The van der Waals surface area contributed by atoms with Gasteiger partial charge in [-0.1, -0.05) is 5.16 Å². The summed E-state index contributed by atoms with van der Waals surface area (Å²) in [6, 6.07) is 1.55. The number of ether oxygens (including phenoxy) is 1. The number of aliphatic hydroxyl groups excluding tert-OH is 1. The lowest BCUT2D eigenvalue weighted by Crippen LogP contribution is -2.43. The highest BCUT2D eigenvalue weighted by Gasteiger charge is 2.26. The molecule has 1 N–H and O–H groups in total. The topological polar surface area (TPSA) is 82.3 Å². The number of carbonyl (C=O) groups excluding carboxylic acids is 1. The van der Waals surface area contributed by atoms with Crippen LogP contribution in [0.4, 0.5) is 0 Å². The minimum atomic E-state index is -0.543. The molecule has 1 aromatic heterocycles. The van der Waals surface area contributed by atoms with E-state index < -0.39 is 6.10 Å². The Labute approximate surface area is 135 Å². The highest BCUT2D eigenvalue weighted by Crippen LogP contribution is 2.09. The van der Waals surface area contributed by atoms with Gasteiger partial charge in [-0.05, 0) is 0 Å². The molecule has 0 saturated carbocycles. The number of morpholine rings is 1. The van der Waals surface area contributed by atoms with Gasteiger partial charge in [0.05, 0.1) is 19.3 Å². The highest BCUT2D eigenvalue weighted by atomic mass is 16.5. The SMILES string of the molecule is O=C(c1ccon1)N1CCN(CCN2CCOCC2)C[C@H](O)C1. The molecule has 0 aliphatic carbocycles. The van der Waals surface area contributed by atoms with Crippen LogP contribution in [0.5, 0.6) is 0 Å². The summed E-state index contributed by atoms with van der Waals surface area (Å²) < 4.78 is 10.1. The van der Waals surface area contributed by atoms with Crippen molar-refractivity contribution in [1.82, 2.24) is 19.9 Å². The summed E-state index contributed by atoms with van der Waals surface area (Å²) >= 11 is 0. The minimum Gasteiger partial charge on any atom is -0.390 e. The van der Waals surface area contributed by atoms with Crippen LogP contribution in [0.3, 0.4) is 0 Å². The minimum absolute atomic E-state index is 0.187. The van der Waals surface area contributed by atoms with Crippen molar-refractivity contribution in [3.63, 3.8) is 0 Å². The standard InChI is InChI=1S/C15H24N4O4/c20-13-11-18(3-2-17-6-9-22-10-7-17)4-5-19(12-13)15(21)14-1-8-23-16-14/h1,8,13,20H,2-7,9-12H2/t13-/m0/s1. The fourth-order valence-electron chi connectivity index (χ4n) is 3.03. The van der Waals surface area contributed by atoms with Crippen LogP contribution in [0.25, 0.3) is 0 Å². The molecular weight excluding hydrogens is 300 g/mol. The summed E-state index contributed by atoms with van der Waals surface area (Å²) in [5.74, 6) is -0.187. The molecule has 1 aromatic rings. The third-order valence-corrected chi connectivity index (χ3v) is 4.37. The second-order valence-electron chi connectivity index (χ2n) is 6.04. The van der Waals surface area contributed by atoms with E-state index in [1.54, 1.807) is 11.0 Å². The molecule has 0 unspecified atom stereocenters. The third kappa shape index (κ3) is 4.51. The van der Waals surface area contributed by atoms with E-state index in [-0.39, 0.29) is 5.91 Å². The van der Waals surface area contributed by atoms with Gasteiger partial charge in [-0.2, -0.15) is 0 Å². The van der Waals surface area contributed by atoms with Crippen molar-refractivity contribution < 1.29 is 19.2 Å². The molecule has 1 atom stereocenters. The predicted octanol–water partition coefficient (Wildman–Crippen LogP) is -0.874. The van der Waals surface area contributed by atoms with Crippen molar-refractivity contribution in [2.45, 2.75) is 6.10 Å². The molecule has 3 rings (SSSR count). The quantitative estimate of drug-likeness (QED) is 0.770. The predicted molar refractivity (Wildman–Crippen MR) is 82.1 cm³/mol. The molecule has 2 aliphatic rings. The Morgan fingerprint density at radius 2 is 1.96 bits per heavy atom. The first kappa shape index (κ1) is 16.4. The van der Waals surface area contributed by atoms with E-state index in [1.165, 1.54) is 6.26 Å². The van der Waals surface area contributed by atoms with E-state index in [4.69, 9.17) is 9.26 Å². The van der Waals surface area contributed by atoms with Crippen molar-refractivity contribution in [3.05, 3.63) is 18.0 Å². The number of carbonyl (C=O) groups is 1. The van der Waals surface area contributed by atoms with E-state index in [2.05, 4.69) is 15.0 Å². The third-order valence-electron chi connectivity index (χ3n) is 4.37. The summed E-state index contributed by atoms with van der Waals surface area (Å²) in [7, 11) is 0. The van der Waals surface area contributed by atoms with Gasteiger partial charge < -0.3 is 19.3 Å². The van der Waals surface area contributed by atoms with E-state index in [1.807, 2.05) is 0 Å². The zero-order chi connectivity index (χ0) is 16.1. The summed E-state index contributed by atoms with van der Waals surface area (Å²) in [6.07, 6.45) is 0.842. The molecule has 1 amide bonds. The Morgan fingerprint density at radius 3 is 2.70 bits per heavy atom. The highest BCUT2D eigenvalue weighted by molar-refractivity contribution is 5.92. The van der Waals surface area contributed by atoms with Crippen LogP contribution in [0.15, 0.2) is 16.9 Å². The molecule has 0 bridgehead atoms. The molecule has 0 aromatic carbocycles. The number of aromatic nitrogens is 1. The summed E-state index contributed by atoms with van der Waals surface area (Å²) in [4.78, 5) is 18.6. The maximum atomic E-state index is 12.3. The molecule has 128 valence electrons. The van der Waals surface area contributed by atoms with E-state index >= 15 is 0 Å². The second-order valence-corrected chi connectivity index (χ2v) is 6.04. The lowest BCUT2D eigenvalue weighted by atomic mass is 10.3. The van der Waals surface area contributed by atoms with Crippen molar-refractivity contribution in [1.29, 1.82) is 0 Å². The molecule has 0 spiro atoms. The van der Waals surface area contributed by atoms with Gasteiger partial charge in [0, 0.05) is 58.4 Å². The molecule has 8 heteroatoms. The van der Waals surface area contributed by atoms with Crippen LogP contribution in [0.2, 0.25) is 0 Å². The van der Waals surface area contributed by atoms with Crippen LogP contribution in [0.1, 0.15) is 10.5 Å². The smallest absolute Gasteiger partial charge is 0.276 e. The monoisotopic (exact) mass is 324 g/mol. The molecule has 2 saturated heterocycles. The lowest BCUT2D eigenvalue weighted by Gasteiger charge is -2.29. The number of hydrogen-bond acceptors (Lipinski definition) is 7. The molecule has 2 aliphatic heterocycles. The summed E-state index contributed by atoms with van der Waals surface area (Å²) in [5, 5.41) is 13.9. The molecule has 0 radical (unpaired) electrons. The number of aliphatic hydroxyl groups is 1. The number of nitrogens with zero attached hydrogens (tertiary/aromatic N) is 4. The first-order valence-corrected chi connectivity index (χ1v) is 8.12. The van der Waals surface area contributed by atoms with Gasteiger partial charge in [0.1, 0.15) is 6.26 Å². The number of amides is 1. The first-order chi connectivity index (χ1) is 11.2. The number of β-amino-alcohol motifs (C(OH)–C–C–N with tert-alkyl or cyclic N) is 1. The Kier molecular flexibility index (Phi) is 5.60. The Bertz CT molecular complexity index is 490. The van der Waals surface area contributed by atoms with Gasteiger partial charge in [0.2, 0.25) is 0 Å². The largest absolute Gasteiger partial charge is 0.390 e. The number of hydrogen-bond donors (Lipinski definition) is 1. The fraction of sp³-hybridized carbons (Fsp3) is 0.733. The molecule has 23 heavy (non-hydrogen) atoms. The average Bonchev–Trinajstić information content (AvgIpc) is 3.04. The van der Waals surface area contributed by atoms with Crippen molar-refractivity contribution in [2.24, 2.45) is 0 Å². The van der Waals surface area contributed by atoms with Gasteiger partial charge in [-0.25, -0.2) is 0 Å². The van der Waals surface area contributed by atoms with Gasteiger partial charge >= 0.3 is 0 Å². The van der Waals surface area contributed by atoms with E-state index in [0.29, 0.717) is 25.3 Å². The van der Waals surface area contributed by atoms with Gasteiger partial charge in [-0.3, -0.25) is 14.6 Å². The Hall–Kier alpha value is -1.48. The normalized spacial score (nSPS) is 24.6. The molecular formula is C15H24N4O4. The summed E-state index contributed by atoms with van der Waals surface area (Å²) in [6.45, 7) is 7.64. The second kappa shape index (κ2) is 7.87. The van der Waals surface area contributed by atoms with Crippen LogP contribution < -0.4 is 0 Å².